The summed E-state index contributed by atoms with van der Waals surface area (Å²) in [4.78, 5) is 0. The predicted octanol–water partition coefficient (Wildman–Crippen LogP) is 13.7. The molecule has 228 valence electrons. The third-order valence-electron chi connectivity index (χ3n) is 9.40. The van der Waals surface area contributed by atoms with Gasteiger partial charge in [-0.2, -0.15) is 0 Å². The Labute approximate surface area is 297 Å². The fourth-order valence-corrected chi connectivity index (χ4v) is 7.21. The molecule has 0 amide bonds. The molecule has 0 aliphatic carbocycles. The molecule has 9 aromatic carbocycles. The Morgan fingerprint density at radius 1 is 0.347 bits per heavy atom. The monoisotopic (exact) mass is 631 g/mol. The van der Waals surface area contributed by atoms with Crippen molar-refractivity contribution >= 4 is 54.3 Å². The molecular weight excluding hydrogens is 593 g/mol. The SMILES string of the molecule is [2H]c1c([2H])c([2H])c(-c2c([2H])c([2H])c(-c3ccccc3-c3c4ccccc4c(-c4ccc5c(c4)oc4cc6ccccc6cc45)c4ccccc34)c([2H])c2[2H])c([2H])c1[2H]. The molecule has 0 N–H and O–H groups in total. The van der Waals surface area contributed by atoms with Crippen LogP contribution >= 0.6 is 0 Å². The first-order chi connectivity index (χ1) is 28.0. The van der Waals surface area contributed by atoms with Crippen LogP contribution in [0, 0.1) is 0 Å². The van der Waals surface area contributed by atoms with Crippen molar-refractivity contribution in [2.45, 2.75) is 0 Å². The quantitative estimate of drug-likeness (QED) is 0.176. The molecule has 1 heterocycles. The Bertz CT molecular complexity index is 3290. The van der Waals surface area contributed by atoms with Gasteiger partial charge in [-0.15, -0.1) is 0 Å². The van der Waals surface area contributed by atoms with Gasteiger partial charge in [-0.1, -0.05) is 158 Å². The Morgan fingerprint density at radius 2 is 0.878 bits per heavy atom. The van der Waals surface area contributed by atoms with Crippen LogP contribution in [0.5, 0.6) is 0 Å². The summed E-state index contributed by atoms with van der Waals surface area (Å²) >= 11 is 0. The molecule has 1 heteroatoms. The number of rotatable bonds is 4. The van der Waals surface area contributed by atoms with E-state index in [0.29, 0.717) is 11.1 Å². The average Bonchev–Trinajstić information content (AvgIpc) is 3.60. The average molecular weight is 632 g/mol. The molecule has 0 spiro atoms. The fraction of sp³-hybridized carbons (Fsp3) is 0. The van der Waals surface area contributed by atoms with Crippen molar-refractivity contribution in [1.82, 2.24) is 0 Å². The van der Waals surface area contributed by atoms with Crippen molar-refractivity contribution in [3.63, 3.8) is 0 Å². The standard InChI is InChI=1S/C48H30O/c1-2-12-31(13-3-1)32-22-24-33(25-23-32)37-16-6-7-17-39(37)48-42-20-10-8-18-40(42)47(41-19-9-11-21-43(41)48)36-26-27-38-44-28-34-14-4-5-15-35(34)29-46(44)49-45(38)30-36/h1-30H/i1D,2D,3D,12D,13D,22D,23D,24D,25D. The molecule has 1 aromatic heterocycles. The molecule has 0 atom stereocenters. The third kappa shape index (κ3) is 4.47. The largest absolute Gasteiger partial charge is 0.456 e. The second-order valence-electron chi connectivity index (χ2n) is 12.1. The van der Waals surface area contributed by atoms with Crippen LogP contribution in [-0.2, 0) is 0 Å². The van der Waals surface area contributed by atoms with Crippen LogP contribution in [0.15, 0.2) is 186 Å². The van der Waals surface area contributed by atoms with Gasteiger partial charge < -0.3 is 4.42 Å². The van der Waals surface area contributed by atoms with Crippen molar-refractivity contribution in [2.24, 2.45) is 0 Å². The first-order valence-electron chi connectivity index (χ1n) is 20.6. The van der Waals surface area contributed by atoms with Crippen molar-refractivity contribution in [1.29, 1.82) is 0 Å². The molecule has 0 saturated carbocycles. The van der Waals surface area contributed by atoms with E-state index in [9.17, 15) is 2.74 Å². The molecule has 10 rings (SSSR count). The van der Waals surface area contributed by atoms with Gasteiger partial charge in [0.15, 0.2) is 0 Å². The lowest BCUT2D eigenvalue weighted by Gasteiger charge is -2.19. The summed E-state index contributed by atoms with van der Waals surface area (Å²) in [6, 6.07) is 37.7. The summed E-state index contributed by atoms with van der Waals surface area (Å²) in [7, 11) is 0. The summed E-state index contributed by atoms with van der Waals surface area (Å²) < 4.78 is 84.7. The molecular formula is C48H30O. The second kappa shape index (κ2) is 11.1. The van der Waals surface area contributed by atoms with Crippen LogP contribution in [0.4, 0.5) is 0 Å². The first kappa shape index (κ1) is 20.0. The first-order valence-corrected chi connectivity index (χ1v) is 16.1. The summed E-state index contributed by atoms with van der Waals surface area (Å²) in [6.45, 7) is 0. The van der Waals surface area contributed by atoms with E-state index in [0.717, 1.165) is 70.9 Å². The second-order valence-corrected chi connectivity index (χ2v) is 12.1. The van der Waals surface area contributed by atoms with Gasteiger partial charge in [-0.05, 0) is 101 Å². The smallest absolute Gasteiger partial charge is 0.136 e. The van der Waals surface area contributed by atoms with Crippen LogP contribution in [0.3, 0.4) is 0 Å². The van der Waals surface area contributed by atoms with E-state index in [1.165, 1.54) is 0 Å². The zero-order chi connectivity index (χ0) is 40.1. The van der Waals surface area contributed by atoms with Crippen LogP contribution < -0.4 is 0 Å². The van der Waals surface area contributed by atoms with Gasteiger partial charge >= 0.3 is 0 Å². The highest BCUT2D eigenvalue weighted by molar-refractivity contribution is 6.23. The lowest BCUT2D eigenvalue weighted by molar-refractivity contribution is 0.669. The van der Waals surface area contributed by atoms with E-state index in [1.54, 1.807) is 12.1 Å². The maximum absolute atomic E-state index is 9.28. The number of hydrogen-bond donors (Lipinski definition) is 0. The maximum Gasteiger partial charge on any atom is 0.136 e. The van der Waals surface area contributed by atoms with E-state index in [-0.39, 0.29) is 28.8 Å². The van der Waals surface area contributed by atoms with Gasteiger partial charge in [-0.25, -0.2) is 0 Å². The lowest BCUT2D eigenvalue weighted by atomic mass is 9.83. The molecule has 0 fully saturated rings. The highest BCUT2D eigenvalue weighted by atomic mass is 16.3. The fourth-order valence-electron chi connectivity index (χ4n) is 7.21. The zero-order valence-corrected chi connectivity index (χ0v) is 26.0. The molecule has 1 nitrogen and oxygen atoms in total. The Balaban J connectivity index is 1.21. The maximum atomic E-state index is 9.28. The Kier molecular flexibility index (Phi) is 4.53. The summed E-state index contributed by atoms with van der Waals surface area (Å²) in [5, 5.41) is 8.13. The summed E-state index contributed by atoms with van der Waals surface area (Å²) in [5.74, 6) is 0. The minimum atomic E-state index is -0.615. The molecule has 0 radical (unpaired) electrons. The van der Waals surface area contributed by atoms with Gasteiger partial charge in [0.05, 0.1) is 12.3 Å². The zero-order valence-electron chi connectivity index (χ0n) is 35.0. The van der Waals surface area contributed by atoms with Gasteiger partial charge in [0.2, 0.25) is 0 Å². The molecule has 0 aliphatic heterocycles. The third-order valence-corrected chi connectivity index (χ3v) is 9.40. The van der Waals surface area contributed by atoms with Gasteiger partial charge in [0.25, 0.3) is 0 Å². The lowest BCUT2D eigenvalue weighted by Crippen LogP contribution is -1.92. The van der Waals surface area contributed by atoms with E-state index in [4.69, 9.17) is 14.0 Å². The molecule has 0 saturated heterocycles. The highest BCUT2D eigenvalue weighted by Gasteiger charge is 2.20. The van der Waals surface area contributed by atoms with Crippen molar-refractivity contribution in [2.75, 3.05) is 0 Å². The van der Waals surface area contributed by atoms with Crippen LogP contribution in [-0.4, -0.2) is 0 Å². The summed E-state index contributed by atoms with van der Waals surface area (Å²) in [5.41, 5.74) is 4.94. The van der Waals surface area contributed by atoms with Gasteiger partial charge in [0.1, 0.15) is 11.2 Å². The molecule has 0 aliphatic rings. The van der Waals surface area contributed by atoms with Crippen LogP contribution in [0.25, 0.3) is 98.8 Å². The number of fused-ring (bicyclic) bond motifs is 6. The van der Waals surface area contributed by atoms with E-state index in [1.807, 2.05) is 48.5 Å². The minimum absolute atomic E-state index is 0.0435. The Hall–Kier alpha value is -6.44. The van der Waals surface area contributed by atoms with E-state index >= 15 is 0 Å². The minimum Gasteiger partial charge on any atom is -0.456 e. The molecule has 10 aromatic rings. The number of hydrogen-bond acceptors (Lipinski definition) is 1. The normalized spacial score (nSPS) is 14.2. The van der Waals surface area contributed by atoms with Gasteiger partial charge in [-0.3, -0.25) is 0 Å². The molecule has 49 heavy (non-hydrogen) atoms. The van der Waals surface area contributed by atoms with Crippen molar-refractivity contribution < 1.29 is 16.8 Å². The van der Waals surface area contributed by atoms with Crippen molar-refractivity contribution in [3.8, 4) is 44.5 Å². The number of benzene rings is 9. The molecule has 0 bridgehead atoms. The summed E-state index contributed by atoms with van der Waals surface area (Å²) in [6.07, 6.45) is 0. The van der Waals surface area contributed by atoms with Crippen molar-refractivity contribution in [3.05, 3.63) is 182 Å². The molecule has 0 unspecified atom stereocenters. The van der Waals surface area contributed by atoms with Gasteiger partial charge in [0, 0.05) is 10.8 Å². The number of furan rings is 1. The predicted molar refractivity (Wildman–Crippen MR) is 208 cm³/mol. The van der Waals surface area contributed by atoms with Crippen LogP contribution in [0.1, 0.15) is 12.3 Å². The van der Waals surface area contributed by atoms with E-state index < -0.39 is 42.3 Å². The van der Waals surface area contributed by atoms with E-state index in [2.05, 4.69) is 66.7 Å². The highest BCUT2D eigenvalue weighted by Crippen LogP contribution is 2.47. The Morgan fingerprint density at radius 3 is 1.57 bits per heavy atom. The topological polar surface area (TPSA) is 13.1 Å². The van der Waals surface area contributed by atoms with Crippen LogP contribution in [0.2, 0.25) is 0 Å².